The van der Waals surface area contributed by atoms with E-state index in [2.05, 4.69) is 21.3 Å². The number of piperidine rings is 1. The number of hydrogen-bond acceptors (Lipinski definition) is 5. The number of thiophene rings is 1. The van der Waals surface area contributed by atoms with E-state index in [1.165, 1.54) is 4.88 Å². The lowest BCUT2D eigenvalue weighted by molar-refractivity contribution is 0.173. The van der Waals surface area contributed by atoms with Gasteiger partial charge in [0.25, 0.3) is 0 Å². The van der Waals surface area contributed by atoms with Gasteiger partial charge in [-0.3, -0.25) is 4.90 Å². The van der Waals surface area contributed by atoms with Crippen molar-refractivity contribution in [2.24, 2.45) is 0 Å². The Morgan fingerprint density at radius 3 is 2.75 bits per heavy atom. The van der Waals surface area contributed by atoms with Crippen LogP contribution in [0.4, 0.5) is 0 Å². The Labute approximate surface area is 126 Å². The average molecular weight is 313 g/mol. The minimum absolute atomic E-state index is 0.0437. The summed E-state index contributed by atoms with van der Waals surface area (Å²) in [6.07, 6.45) is 3.97. The van der Waals surface area contributed by atoms with Gasteiger partial charge in [-0.25, -0.2) is 4.68 Å². The second-order valence-electron chi connectivity index (χ2n) is 5.06. The third kappa shape index (κ3) is 3.20. The first-order valence-electron chi connectivity index (χ1n) is 6.73. The first-order chi connectivity index (χ1) is 9.74. The SMILES string of the molecule is OCc1cn(C2CCN(Cc3ccc(Cl)s3)CC2)nn1. The second kappa shape index (κ2) is 6.22. The molecule has 3 rings (SSSR count). The standard InChI is InChI=1S/C13H17ClN4OS/c14-13-2-1-12(20-13)8-17-5-3-11(4-6-17)18-7-10(9-19)15-16-18/h1-2,7,11,19H,3-6,8-9H2. The molecule has 20 heavy (non-hydrogen) atoms. The van der Waals surface area contributed by atoms with Crippen LogP contribution in [-0.2, 0) is 13.2 Å². The molecule has 1 aliphatic heterocycles. The van der Waals surface area contributed by atoms with Crippen LogP contribution in [0.5, 0.6) is 0 Å². The second-order valence-corrected chi connectivity index (χ2v) is 6.86. The average Bonchev–Trinajstić information content (AvgIpc) is 3.09. The summed E-state index contributed by atoms with van der Waals surface area (Å²) < 4.78 is 2.75. The van der Waals surface area contributed by atoms with Crippen LogP contribution in [0.1, 0.15) is 29.5 Å². The maximum atomic E-state index is 9.02. The zero-order chi connectivity index (χ0) is 13.9. The molecule has 7 heteroatoms. The fourth-order valence-corrected chi connectivity index (χ4v) is 3.69. The van der Waals surface area contributed by atoms with Crippen molar-refractivity contribution in [3.05, 3.63) is 33.2 Å². The highest BCUT2D eigenvalue weighted by atomic mass is 35.5. The van der Waals surface area contributed by atoms with Crippen molar-refractivity contribution in [1.82, 2.24) is 19.9 Å². The number of aliphatic hydroxyl groups is 1. The van der Waals surface area contributed by atoms with E-state index in [0.29, 0.717) is 11.7 Å². The van der Waals surface area contributed by atoms with Gasteiger partial charge in [0.15, 0.2) is 0 Å². The third-order valence-electron chi connectivity index (χ3n) is 3.66. The number of likely N-dealkylation sites (tertiary alicyclic amines) is 1. The normalized spacial score (nSPS) is 17.7. The third-order valence-corrected chi connectivity index (χ3v) is 4.88. The van der Waals surface area contributed by atoms with Crippen LogP contribution < -0.4 is 0 Å². The molecule has 108 valence electrons. The number of aliphatic hydroxyl groups excluding tert-OH is 1. The molecule has 2 aromatic heterocycles. The minimum atomic E-state index is -0.0437. The fourth-order valence-electron chi connectivity index (χ4n) is 2.56. The maximum absolute atomic E-state index is 9.02. The van der Waals surface area contributed by atoms with Crippen molar-refractivity contribution in [3.8, 4) is 0 Å². The van der Waals surface area contributed by atoms with Crippen molar-refractivity contribution in [2.75, 3.05) is 13.1 Å². The van der Waals surface area contributed by atoms with Gasteiger partial charge in [0, 0.05) is 24.5 Å². The first kappa shape index (κ1) is 14.0. The molecule has 0 radical (unpaired) electrons. The van der Waals surface area contributed by atoms with E-state index in [0.717, 1.165) is 36.8 Å². The lowest BCUT2D eigenvalue weighted by Gasteiger charge is -2.31. The molecule has 1 aliphatic rings. The van der Waals surface area contributed by atoms with Crippen molar-refractivity contribution in [3.63, 3.8) is 0 Å². The van der Waals surface area contributed by atoms with E-state index in [4.69, 9.17) is 16.7 Å². The Bertz CT molecular complexity index is 562. The van der Waals surface area contributed by atoms with Crippen LogP contribution in [0.15, 0.2) is 18.3 Å². The van der Waals surface area contributed by atoms with Crippen molar-refractivity contribution in [1.29, 1.82) is 0 Å². The molecule has 0 aromatic carbocycles. The van der Waals surface area contributed by atoms with E-state index >= 15 is 0 Å². The van der Waals surface area contributed by atoms with Crippen LogP contribution >= 0.6 is 22.9 Å². The van der Waals surface area contributed by atoms with Gasteiger partial charge in [-0.05, 0) is 25.0 Å². The molecule has 3 heterocycles. The van der Waals surface area contributed by atoms with E-state index in [1.54, 1.807) is 11.3 Å². The molecule has 5 nitrogen and oxygen atoms in total. The minimum Gasteiger partial charge on any atom is -0.390 e. The Morgan fingerprint density at radius 1 is 1.35 bits per heavy atom. The van der Waals surface area contributed by atoms with Gasteiger partial charge < -0.3 is 5.11 Å². The predicted octanol–water partition coefficient (Wildman–Crippen LogP) is 2.32. The van der Waals surface area contributed by atoms with Gasteiger partial charge in [-0.1, -0.05) is 16.8 Å². The highest BCUT2D eigenvalue weighted by Gasteiger charge is 2.21. The maximum Gasteiger partial charge on any atom is 0.108 e. The van der Waals surface area contributed by atoms with Gasteiger partial charge in [0.05, 0.1) is 23.2 Å². The first-order valence-corrected chi connectivity index (χ1v) is 7.92. The highest BCUT2D eigenvalue weighted by Crippen LogP contribution is 2.26. The summed E-state index contributed by atoms with van der Waals surface area (Å²) in [6, 6.07) is 4.45. The summed E-state index contributed by atoms with van der Waals surface area (Å²) >= 11 is 7.61. The monoisotopic (exact) mass is 312 g/mol. The molecule has 0 amide bonds. The zero-order valence-corrected chi connectivity index (χ0v) is 12.6. The van der Waals surface area contributed by atoms with Crippen LogP contribution in [0.3, 0.4) is 0 Å². The van der Waals surface area contributed by atoms with Crippen molar-refractivity contribution < 1.29 is 5.11 Å². The summed E-state index contributed by atoms with van der Waals surface area (Å²) in [5.41, 5.74) is 0.639. The predicted molar refractivity (Wildman–Crippen MR) is 78.8 cm³/mol. The summed E-state index contributed by atoms with van der Waals surface area (Å²) in [7, 11) is 0. The molecular weight excluding hydrogens is 296 g/mol. The quantitative estimate of drug-likeness (QED) is 0.941. The topological polar surface area (TPSA) is 54.2 Å². The van der Waals surface area contributed by atoms with Crippen LogP contribution in [0.25, 0.3) is 0 Å². The van der Waals surface area contributed by atoms with Gasteiger partial charge >= 0.3 is 0 Å². The summed E-state index contributed by atoms with van der Waals surface area (Å²) in [6.45, 7) is 3.03. The summed E-state index contributed by atoms with van der Waals surface area (Å²) in [4.78, 5) is 3.76. The fraction of sp³-hybridized carbons (Fsp3) is 0.538. The van der Waals surface area contributed by atoms with Gasteiger partial charge in [-0.2, -0.15) is 0 Å². The van der Waals surface area contributed by atoms with Crippen LogP contribution in [0, 0.1) is 0 Å². The molecule has 0 unspecified atom stereocenters. The van der Waals surface area contributed by atoms with E-state index < -0.39 is 0 Å². The van der Waals surface area contributed by atoms with Gasteiger partial charge in [0.1, 0.15) is 5.69 Å². The number of rotatable bonds is 4. The molecule has 0 atom stereocenters. The van der Waals surface area contributed by atoms with Crippen molar-refractivity contribution in [2.45, 2.75) is 32.0 Å². The van der Waals surface area contributed by atoms with E-state index in [-0.39, 0.29) is 6.61 Å². The molecule has 0 aliphatic carbocycles. The Hall–Kier alpha value is -0.950. The summed E-state index contributed by atoms with van der Waals surface area (Å²) in [5.74, 6) is 0. The molecule has 0 bridgehead atoms. The largest absolute Gasteiger partial charge is 0.390 e. The number of nitrogens with zero attached hydrogens (tertiary/aromatic N) is 4. The molecule has 2 aromatic rings. The number of halogens is 1. The lowest BCUT2D eigenvalue weighted by atomic mass is 10.1. The number of hydrogen-bond donors (Lipinski definition) is 1. The smallest absolute Gasteiger partial charge is 0.108 e. The van der Waals surface area contributed by atoms with E-state index in [9.17, 15) is 0 Å². The summed E-state index contributed by atoms with van der Waals surface area (Å²) in [5, 5.41) is 17.1. The van der Waals surface area contributed by atoms with Crippen molar-refractivity contribution >= 4 is 22.9 Å². The highest BCUT2D eigenvalue weighted by molar-refractivity contribution is 7.16. The zero-order valence-electron chi connectivity index (χ0n) is 11.1. The number of aromatic nitrogens is 3. The Balaban J connectivity index is 1.54. The molecular formula is C13H17ClN4OS. The van der Waals surface area contributed by atoms with Gasteiger partial charge in [-0.15, -0.1) is 16.4 Å². The van der Waals surface area contributed by atoms with Crippen LogP contribution in [0.2, 0.25) is 4.34 Å². The van der Waals surface area contributed by atoms with Gasteiger partial charge in [0.2, 0.25) is 0 Å². The molecule has 1 N–H and O–H groups in total. The molecule has 1 saturated heterocycles. The molecule has 1 fully saturated rings. The van der Waals surface area contributed by atoms with E-state index in [1.807, 2.05) is 16.9 Å². The van der Waals surface area contributed by atoms with Crippen LogP contribution in [-0.4, -0.2) is 38.1 Å². The molecule has 0 spiro atoms. The lowest BCUT2D eigenvalue weighted by Crippen LogP contribution is -2.34. The Morgan fingerprint density at radius 2 is 2.15 bits per heavy atom. The molecule has 0 saturated carbocycles. The Kier molecular flexibility index (Phi) is 4.35.